The first-order chi connectivity index (χ1) is 10.4. The molecule has 8 nitrogen and oxygen atoms in total. The zero-order chi connectivity index (χ0) is 16.3. The Balaban J connectivity index is 2.02. The van der Waals surface area contributed by atoms with Crippen molar-refractivity contribution in [3.63, 3.8) is 0 Å². The number of nitrogens with zero attached hydrogens (tertiary/aromatic N) is 3. The summed E-state index contributed by atoms with van der Waals surface area (Å²) in [6.45, 7) is 3.52. The predicted molar refractivity (Wildman–Crippen MR) is 78.5 cm³/mol. The smallest absolute Gasteiger partial charge is 0.350 e. The van der Waals surface area contributed by atoms with Gasteiger partial charge in [0.1, 0.15) is 6.04 Å². The topological polar surface area (TPSA) is 106 Å². The molecular formula is C14H18N4O4. The molecule has 22 heavy (non-hydrogen) atoms. The number of aromatic nitrogens is 3. The fraction of sp³-hybridized carbons (Fsp3) is 0.429. The van der Waals surface area contributed by atoms with Crippen LogP contribution in [0.25, 0.3) is 5.65 Å². The Bertz CT molecular complexity index is 747. The molecule has 1 atom stereocenters. The lowest BCUT2D eigenvalue weighted by atomic mass is 10.0. The van der Waals surface area contributed by atoms with Gasteiger partial charge in [0, 0.05) is 12.6 Å². The van der Waals surface area contributed by atoms with Crippen LogP contribution in [0.1, 0.15) is 20.3 Å². The highest BCUT2D eigenvalue weighted by Gasteiger charge is 2.23. The van der Waals surface area contributed by atoms with Crippen LogP contribution < -0.4 is 11.0 Å². The molecule has 0 unspecified atom stereocenters. The quantitative estimate of drug-likeness (QED) is 0.788. The van der Waals surface area contributed by atoms with Crippen molar-refractivity contribution >= 4 is 17.5 Å². The van der Waals surface area contributed by atoms with E-state index in [1.165, 1.54) is 9.08 Å². The zero-order valence-corrected chi connectivity index (χ0v) is 12.4. The van der Waals surface area contributed by atoms with Gasteiger partial charge in [-0.1, -0.05) is 19.9 Å². The Labute approximate surface area is 126 Å². The fourth-order valence-corrected chi connectivity index (χ4v) is 2.08. The van der Waals surface area contributed by atoms with Gasteiger partial charge in [-0.25, -0.2) is 14.3 Å². The maximum Gasteiger partial charge on any atom is 0.350 e. The Morgan fingerprint density at radius 3 is 2.68 bits per heavy atom. The molecule has 8 heteroatoms. The number of fused-ring (bicyclic) bond motifs is 1. The molecule has 2 N–H and O–H groups in total. The summed E-state index contributed by atoms with van der Waals surface area (Å²) in [5.41, 5.74) is 0.167. The SMILES string of the molecule is CC(C)[C@H](NC(=O)CCn1nc2ccccn2c1=O)C(=O)O. The first kappa shape index (κ1) is 15.7. The highest BCUT2D eigenvalue weighted by molar-refractivity contribution is 5.83. The van der Waals surface area contributed by atoms with Crippen LogP contribution in [-0.2, 0) is 16.1 Å². The van der Waals surface area contributed by atoms with Crippen molar-refractivity contribution in [3.8, 4) is 0 Å². The summed E-state index contributed by atoms with van der Waals surface area (Å²) in [6, 6.07) is 4.23. The van der Waals surface area contributed by atoms with Crippen LogP contribution in [0.5, 0.6) is 0 Å². The third-order valence-electron chi connectivity index (χ3n) is 3.29. The Kier molecular flexibility index (Phi) is 4.59. The molecule has 0 aromatic carbocycles. The van der Waals surface area contributed by atoms with Crippen molar-refractivity contribution in [2.45, 2.75) is 32.9 Å². The van der Waals surface area contributed by atoms with E-state index in [4.69, 9.17) is 5.11 Å². The first-order valence-electron chi connectivity index (χ1n) is 6.96. The number of carboxylic acid groups (broad SMARTS) is 1. The second-order valence-corrected chi connectivity index (χ2v) is 5.31. The normalized spacial score (nSPS) is 12.5. The third kappa shape index (κ3) is 3.33. The van der Waals surface area contributed by atoms with Gasteiger partial charge in [-0.2, -0.15) is 0 Å². The van der Waals surface area contributed by atoms with Gasteiger partial charge in [0.2, 0.25) is 5.91 Å². The van der Waals surface area contributed by atoms with Crippen LogP contribution in [0.4, 0.5) is 0 Å². The lowest BCUT2D eigenvalue weighted by Crippen LogP contribution is -2.44. The summed E-state index contributed by atoms with van der Waals surface area (Å²) in [6.07, 6.45) is 1.58. The van der Waals surface area contributed by atoms with Gasteiger partial charge in [0.15, 0.2) is 5.65 Å². The Hall–Kier alpha value is -2.64. The average molecular weight is 306 g/mol. The molecule has 2 rings (SSSR count). The molecule has 0 aliphatic heterocycles. The molecule has 2 aromatic heterocycles. The molecule has 2 heterocycles. The van der Waals surface area contributed by atoms with Gasteiger partial charge < -0.3 is 10.4 Å². The molecule has 0 saturated heterocycles. The van der Waals surface area contributed by atoms with E-state index in [0.717, 1.165) is 0 Å². The number of carboxylic acids is 1. The van der Waals surface area contributed by atoms with Crippen molar-refractivity contribution in [1.82, 2.24) is 19.5 Å². The van der Waals surface area contributed by atoms with Crippen molar-refractivity contribution in [2.75, 3.05) is 0 Å². The van der Waals surface area contributed by atoms with Crippen LogP contribution >= 0.6 is 0 Å². The number of rotatable bonds is 6. The van der Waals surface area contributed by atoms with Crippen LogP contribution in [0.2, 0.25) is 0 Å². The van der Waals surface area contributed by atoms with Crippen LogP contribution in [0, 0.1) is 5.92 Å². The summed E-state index contributed by atoms with van der Waals surface area (Å²) in [5.74, 6) is -1.72. The van der Waals surface area contributed by atoms with Gasteiger partial charge >= 0.3 is 11.7 Å². The second-order valence-electron chi connectivity index (χ2n) is 5.31. The maximum absolute atomic E-state index is 12.0. The average Bonchev–Trinajstić information content (AvgIpc) is 2.79. The van der Waals surface area contributed by atoms with Gasteiger partial charge in [-0.05, 0) is 18.1 Å². The van der Waals surface area contributed by atoms with Crippen LogP contribution in [-0.4, -0.2) is 37.2 Å². The lowest BCUT2D eigenvalue weighted by Gasteiger charge is -2.17. The summed E-state index contributed by atoms with van der Waals surface area (Å²) in [4.78, 5) is 34.9. The largest absolute Gasteiger partial charge is 0.480 e. The van der Waals surface area contributed by atoms with E-state index in [2.05, 4.69) is 10.4 Å². The highest BCUT2D eigenvalue weighted by Crippen LogP contribution is 2.02. The van der Waals surface area contributed by atoms with E-state index in [9.17, 15) is 14.4 Å². The first-order valence-corrected chi connectivity index (χ1v) is 6.96. The standard InChI is InChI=1S/C14H18N4O4/c1-9(2)12(13(20)21)15-11(19)6-8-18-14(22)17-7-4-3-5-10(17)16-18/h3-5,7,9,12H,6,8H2,1-2H3,(H,15,19)(H,20,21)/t12-/m0/s1. The maximum atomic E-state index is 12.0. The third-order valence-corrected chi connectivity index (χ3v) is 3.29. The molecule has 0 spiro atoms. The van der Waals surface area contributed by atoms with Gasteiger partial charge in [-0.3, -0.25) is 9.20 Å². The number of aliphatic carboxylic acids is 1. The van der Waals surface area contributed by atoms with Gasteiger partial charge in [0.05, 0.1) is 6.54 Å². The molecule has 1 amide bonds. The van der Waals surface area contributed by atoms with Crippen LogP contribution in [0.15, 0.2) is 29.2 Å². The molecule has 0 aliphatic rings. The van der Waals surface area contributed by atoms with E-state index < -0.39 is 17.9 Å². The molecule has 0 aliphatic carbocycles. The highest BCUT2D eigenvalue weighted by atomic mass is 16.4. The number of hydrogen-bond donors (Lipinski definition) is 2. The number of aryl methyl sites for hydroxylation is 1. The number of nitrogens with one attached hydrogen (secondary N) is 1. The molecule has 0 radical (unpaired) electrons. The van der Waals surface area contributed by atoms with Crippen molar-refractivity contribution < 1.29 is 14.7 Å². The molecule has 118 valence electrons. The number of carbonyl (C=O) groups excluding carboxylic acids is 1. The van der Waals surface area contributed by atoms with Crippen molar-refractivity contribution in [3.05, 3.63) is 34.9 Å². The monoisotopic (exact) mass is 306 g/mol. The van der Waals surface area contributed by atoms with Crippen molar-refractivity contribution in [2.24, 2.45) is 5.92 Å². The molecule has 0 bridgehead atoms. The van der Waals surface area contributed by atoms with E-state index in [0.29, 0.717) is 5.65 Å². The van der Waals surface area contributed by atoms with E-state index in [1.807, 2.05) is 0 Å². The summed E-state index contributed by atoms with van der Waals surface area (Å²) in [7, 11) is 0. The van der Waals surface area contributed by atoms with E-state index >= 15 is 0 Å². The lowest BCUT2D eigenvalue weighted by molar-refractivity contribution is -0.143. The zero-order valence-electron chi connectivity index (χ0n) is 12.4. The Morgan fingerprint density at radius 2 is 2.09 bits per heavy atom. The minimum absolute atomic E-state index is 0.0136. The molecule has 0 saturated carbocycles. The van der Waals surface area contributed by atoms with Gasteiger partial charge in [0.25, 0.3) is 0 Å². The number of hydrogen-bond acceptors (Lipinski definition) is 4. The summed E-state index contributed by atoms with van der Waals surface area (Å²) in [5, 5.41) is 15.6. The minimum Gasteiger partial charge on any atom is -0.480 e. The van der Waals surface area contributed by atoms with Gasteiger partial charge in [-0.15, -0.1) is 5.10 Å². The summed E-state index contributed by atoms with van der Waals surface area (Å²) >= 11 is 0. The van der Waals surface area contributed by atoms with E-state index in [-0.39, 0.29) is 24.6 Å². The molecule has 2 aromatic rings. The predicted octanol–water partition coefficient (Wildman–Crippen LogP) is 0.111. The molecular weight excluding hydrogens is 288 g/mol. The van der Waals surface area contributed by atoms with E-state index in [1.54, 1.807) is 38.2 Å². The van der Waals surface area contributed by atoms with Crippen molar-refractivity contribution in [1.29, 1.82) is 0 Å². The minimum atomic E-state index is -1.08. The summed E-state index contributed by atoms with van der Waals surface area (Å²) < 4.78 is 2.58. The number of carbonyl (C=O) groups is 2. The number of pyridine rings is 1. The number of amides is 1. The second kappa shape index (κ2) is 6.42. The van der Waals surface area contributed by atoms with Crippen LogP contribution in [0.3, 0.4) is 0 Å². The Morgan fingerprint density at radius 1 is 1.36 bits per heavy atom. The fourth-order valence-electron chi connectivity index (χ4n) is 2.08. The molecule has 0 fully saturated rings.